The van der Waals surface area contributed by atoms with Crippen LogP contribution in [0.2, 0.25) is 0 Å². The number of nitrogens with zero attached hydrogens (tertiary/aromatic N) is 1. The van der Waals surface area contributed by atoms with Crippen LogP contribution in [-0.4, -0.2) is 35.3 Å². The largest absolute Gasteiger partial charge is 0.392 e. The first-order valence-electron chi connectivity index (χ1n) is 6.14. The Morgan fingerprint density at radius 1 is 1.24 bits per heavy atom. The van der Waals surface area contributed by atoms with Crippen molar-refractivity contribution in [2.24, 2.45) is 0 Å². The molecule has 0 bridgehead atoms. The number of morpholine rings is 1. The molecule has 3 nitrogen and oxygen atoms in total. The fraction of sp³-hybridized carbons (Fsp3) is 0.571. The van der Waals surface area contributed by atoms with Crippen molar-refractivity contribution in [3.05, 3.63) is 35.4 Å². The number of hydrogen-bond acceptors (Lipinski definition) is 3. The summed E-state index contributed by atoms with van der Waals surface area (Å²) >= 11 is 0. The van der Waals surface area contributed by atoms with Gasteiger partial charge in [0.1, 0.15) is 0 Å². The Labute approximate surface area is 103 Å². The van der Waals surface area contributed by atoms with Crippen molar-refractivity contribution >= 4 is 0 Å². The summed E-state index contributed by atoms with van der Waals surface area (Å²) in [5.74, 6) is 0. The summed E-state index contributed by atoms with van der Waals surface area (Å²) in [6.07, 6.45) is 0. The van der Waals surface area contributed by atoms with Crippen LogP contribution in [0.15, 0.2) is 24.3 Å². The molecule has 1 heterocycles. The molecule has 94 valence electrons. The quantitative estimate of drug-likeness (QED) is 0.867. The molecule has 1 aromatic rings. The smallest absolute Gasteiger partial charge is 0.0753 e. The van der Waals surface area contributed by atoms with E-state index in [9.17, 15) is 0 Å². The van der Waals surface area contributed by atoms with Gasteiger partial charge in [0.2, 0.25) is 0 Å². The lowest BCUT2D eigenvalue weighted by Gasteiger charge is -2.38. The third-order valence-corrected chi connectivity index (χ3v) is 3.12. The van der Waals surface area contributed by atoms with Crippen molar-refractivity contribution in [2.75, 3.05) is 19.7 Å². The average molecular weight is 235 g/mol. The van der Waals surface area contributed by atoms with Gasteiger partial charge in [0.15, 0.2) is 0 Å². The summed E-state index contributed by atoms with van der Waals surface area (Å²) in [6.45, 7) is 8.10. The Hall–Kier alpha value is -0.900. The highest BCUT2D eigenvalue weighted by Gasteiger charge is 2.26. The zero-order valence-electron chi connectivity index (χ0n) is 10.6. The van der Waals surface area contributed by atoms with Crippen molar-refractivity contribution < 1.29 is 9.84 Å². The normalized spacial score (nSPS) is 20.4. The van der Waals surface area contributed by atoms with E-state index >= 15 is 0 Å². The third-order valence-electron chi connectivity index (χ3n) is 3.12. The second kappa shape index (κ2) is 5.17. The van der Waals surface area contributed by atoms with Crippen LogP contribution >= 0.6 is 0 Å². The van der Waals surface area contributed by atoms with Gasteiger partial charge in [0.25, 0.3) is 0 Å². The van der Waals surface area contributed by atoms with Crippen LogP contribution in [0.25, 0.3) is 0 Å². The summed E-state index contributed by atoms with van der Waals surface area (Å²) < 4.78 is 5.70. The molecule has 0 aromatic heterocycles. The fourth-order valence-corrected chi connectivity index (χ4v) is 2.26. The minimum atomic E-state index is -0.0384. The Bertz CT molecular complexity index is 359. The zero-order chi connectivity index (χ0) is 12.3. The molecule has 3 heteroatoms. The Morgan fingerprint density at radius 3 is 2.47 bits per heavy atom. The second-order valence-corrected chi connectivity index (χ2v) is 5.29. The van der Waals surface area contributed by atoms with E-state index in [1.165, 1.54) is 5.56 Å². The Balaban J connectivity index is 1.95. The lowest BCUT2D eigenvalue weighted by atomic mass is 10.1. The fourth-order valence-electron chi connectivity index (χ4n) is 2.26. The molecule has 1 N–H and O–H groups in total. The molecule has 0 spiro atoms. The molecule has 1 saturated heterocycles. The number of ether oxygens (including phenoxy) is 1. The van der Waals surface area contributed by atoms with Crippen molar-refractivity contribution in [1.82, 2.24) is 4.90 Å². The molecule has 0 aliphatic carbocycles. The van der Waals surface area contributed by atoms with Crippen LogP contribution in [0.3, 0.4) is 0 Å². The highest BCUT2D eigenvalue weighted by molar-refractivity contribution is 5.21. The molecule has 0 radical (unpaired) electrons. The van der Waals surface area contributed by atoms with Gasteiger partial charge in [-0.25, -0.2) is 0 Å². The van der Waals surface area contributed by atoms with E-state index in [0.29, 0.717) is 0 Å². The summed E-state index contributed by atoms with van der Waals surface area (Å²) in [4.78, 5) is 2.41. The Kier molecular flexibility index (Phi) is 3.82. The van der Waals surface area contributed by atoms with Crippen molar-refractivity contribution in [3.8, 4) is 0 Å². The van der Waals surface area contributed by atoms with Crippen LogP contribution < -0.4 is 0 Å². The first-order chi connectivity index (χ1) is 8.09. The maximum Gasteiger partial charge on any atom is 0.0753 e. The standard InChI is InChI=1S/C14H21NO2/c1-14(2)11-15(7-8-17-14)9-12-3-5-13(10-16)6-4-12/h3-6,16H,7-11H2,1-2H3. The maximum atomic E-state index is 8.99. The zero-order valence-corrected chi connectivity index (χ0v) is 10.6. The van der Waals surface area contributed by atoms with Gasteiger partial charge in [-0.05, 0) is 25.0 Å². The van der Waals surface area contributed by atoms with Crippen LogP contribution in [0, 0.1) is 0 Å². The first-order valence-corrected chi connectivity index (χ1v) is 6.14. The number of aliphatic hydroxyl groups excluding tert-OH is 1. The number of hydrogen-bond donors (Lipinski definition) is 1. The Morgan fingerprint density at radius 2 is 1.88 bits per heavy atom. The van der Waals surface area contributed by atoms with Gasteiger partial charge in [-0.15, -0.1) is 0 Å². The number of rotatable bonds is 3. The lowest BCUT2D eigenvalue weighted by molar-refractivity contribution is -0.0882. The van der Waals surface area contributed by atoms with Crippen molar-refractivity contribution in [1.29, 1.82) is 0 Å². The van der Waals surface area contributed by atoms with Gasteiger partial charge in [-0.3, -0.25) is 4.90 Å². The monoisotopic (exact) mass is 235 g/mol. The van der Waals surface area contributed by atoms with Gasteiger partial charge >= 0.3 is 0 Å². The van der Waals surface area contributed by atoms with E-state index < -0.39 is 0 Å². The molecule has 1 aliphatic heterocycles. The molecule has 17 heavy (non-hydrogen) atoms. The summed E-state index contributed by atoms with van der Waals surface area (Å²) in [5.41, 5.74) is 2.22. The number of benzene rings is 1. The lowest BCUT2D eigenvalue weighted by Crippen LogP contribution is -2.47. The predicted molar refractivity (Wildman–Crippen MR) is 67.7 cm³/mol. The highest BCUT2D eigenvalue weighted by Crippen LogP contribution is 2.18. The molecule has 0 atom stereocenters. The molecule has 1 fully saturated rings. The van der Waals surface area contributed by atoms with E-state index in [0.717, 1.165) is 31.8 Å². The summed E-state index contributed by atoms with van der Waals surface area (Å²) in [5, 5.41) is 8.99. The minimum Gasteiger partial charge on any atom is -0.392 e. The van der Waals surface area contributed by atoms with Crippen LogP contribution in [0.5, 0.6) is 0 Å². The SMILES string of the molecule is CC1(C)CN(Cc2ccc(CO)cc2)CCO1. The van der Waals surface area contributed by atoms with Gasteiger partial charge in [-0.2, -0.15) is 0 Å². The topological polar surface area (TPSA) is 32.7 Å². The molecule has 1 aliphatic rings. The van der Waals surface area contributed by atoms with Crippen LogP contribution in [-0.2, 0) is 17.9 Å². The minimum absolute atomic E-state index is 0.0384. The van der Waals surface area contributed by atoms with E-state index in [1.54, 1.807) is 0 Å². The summed E-state index contributed by atoms with van der Waals surface area (Å²) in [6, 6.07) is 8.16. The molecule has 2 rings (SSSR count). The maximum absolute atomic E-state index is 8.99. The van der Waals surface area contributed by atoms with E-state index in [4.69, 9.17) is 9.84 Å². The average Bonchev–Trinajstić information content (AvgIpc) is 2.29. The van der Waals surface area contributed by atoms with Gasteiger partial charge in [0.05, 0.1) is 18.8 Å². The van der Waals surface area contributed by atoms with Crippen molar-refractivity contribution in [3.63, 3.8) is 0 Å². The molecule has 1 aromatic carbocycles. The predicted octanol–water partition coefficient (Wildman–Crippen LogP) is 1.79. The molecule has 0 saturated carbocycles. The van der Waals surface area contributed by atoms with Gasteiger partial charge < -0.3 is 9.84 Å². The van der Waals surface area contributed by atoms with Crippen LogP contribution in [0.1, 0.15) is 25.0 Å². The van der Waals surface area contributed by atoms with Gasteiger partial charge in [-0.1, -0.05) is 24.3 Å². The van der Waals surface area contributed by atoms with E-state index in [2.05, 4.69) is 30.9 Å². The molecule has 0 amide bonds. The highest BCUT2D eigenvalue weighted by atomic mass is 16.5. The summed E-state index contributed by atoms with van der Waals surface area (Å²) in [7, 11) is 0. The van der Waals surface area contributed by atoms with Gasteiger partial charge in [0, 0.05) is 19.6 Å². The second-order valence-electron chi connectivity index (χ2n) is 5.29. The third kappa shape index (κ3) is 3.53. The van der Waals surface area contributed by atoms with Crippen molar-refractivity contribution in [2.45, 2.75) is 32.6 Å². The van der Waals surface area contributed by atoms with E-state index in [-0.39, 0.29) is 12.2 Å². The first kappa shape index (κ1) is 12.6. The number of aliphatic hydroxyl groups is 1. The van der Waals surface area contributed by atoms with Crippen LogP contribution in [0.4, 0.5) is 0 Å². The molecule has 0 unspecified atom stereocenters. The molecular formula is C14H21NO2. The molecular weight excluding hydrogens is 214 g/mol. The van der Waals surface area contributed by atoms with E-state index in [1.807, 2.05) is 12.1 Å².